The lowest BCUT2D eigenvalue weighted by molar-refractivity contribution is -0.385. The molecule has 1 aliphatic rings. The molecule has 0 unspecified atom stereocenters. The van der Waals surface area contributed by atoms with Crippen LogP contribution < -0.4 is 10.1 Å². The Kier molecular flexibility index (Phi) is 8.86. The highest BCUT2D eigenvalue weighted by molar-refractivity contribution is 6.00. The number of nitro benzene ring substituents is 1. The normalized spacial score (nSPS) is 13.6. The molecule has 41 heavy (non-hydrogen) atoms. The van der Waals surface area contributed by atoms with Crippen LogP contribution in [-0.2, 0) is 19.1 Å². The topological polar surface area (TPSA) is 135 Å². The molecule has 2 aromatic carbocycles. The van der Waals surface area contributed by atoms with Gasteiger partial charge in [0.25, 0.3) is 0 Å². The van der Waals surface area contributed by atoms with Crippen LogP contribution in [-0.4, -0.2) is 46.5 Å². The maximum atomic E-state index is 13.4. The molecule has 3 aromatic rings. The van der Waals surface area contributed by atoms with Crippen LogP contribution in [0.1, 0.15) is 46.1 Å². The molecule has 0 saturated carbocycles. The molecule has 0 spiro atoms. The zero-order valence-corrected chi connectivity index (χ0v) is 23.6. The fourth-order valence-electron chi connectivity index (χ4n) is 4.88. The molecule has 0 fully saturated rings. The van der Waals surface area contributed by atoms with Crippen LogP contribution in [0.2, 0.25) is 0 Å². The number of nitrogens with zero attached hydrogens (tertiary/aromatic N) is 3. The van der Waals surface area contributed by atoms with E-state index in [1.165, 1.54) is 12.1 Å². The van der Waals surface area contributed by atoms with Crippen LogP contribution in [0.15, 0.2) is 77.3 Å². The average Bonchev–Trinajstić information content (AvgIpc) is 3.39. The van der Waals surface area contributed by atoms with Crippen LogP contribution in [0.3, 0.4) is 0 Å². The number of nitrogens with one attached hydrogen (secondary N) is 1. The zero-order valence-electron chi connectivity index (χ0n) is 23.6. The van der Waals surface area contributed by atoms with E-state index in [1.807, 2.05) is 30.3 Å². The number of dihydropyridines is 1. The van der Waals surface area contributed by atoms with Crippen molar-refractivity contribution in [2.24, 2.45) is 0 Å². The van der Waals surface area contributed by atoms with Gasteiger partial charge in [-0.25, -0.2) is 14.3 Å². The Morgan fingerprint density at radius 3 is 2.10 bits per heavy atom. The maximum absolute atomic E-state index is 13.4. The first-order chi connectivity index (χ1) is 19.7. The molecule has 0 amide bonds. The van der Waals surface area contributed by atoms with Gasteiger partial charge in [0.1, 0.15) is 0 Å². The lowest BCUT2D eigenvalue weighted by Gasteiger charge is -2.30. The second-order valence-electron chi connectivity index (χ2n) is 9.16. The van der Waals surface area contributed by atoms with Gasteiger partial charge in [0.2, 0.25) is 0 Å². The number of hydrogen-bond acceptors (Lipinski definition) is 9. The Bertz CT molecular complexity index is 1500. The van der Waals surface area contributed by atoms with Crippen molar-refractivity contribution in [1.82, 2.24) is 15.1 Å². The van der Waals surface area contributed by atoms with Gasteiger partial charge < -0.3 is 19.5 Å². The van der Waals surface area contributed by atoms with Gasteiger partial charge in [0, 0.05) is 34.8 Å². The van der Waals surface area contributed by atoms with E-state index >= 15 is 0 Å². The molecular weight excluding hydrogens is 528 g/mol. The number of para-hydroxylation sites is 1. The molecule has 11 nitrogen and oxygen atoms in total. The molecule has 1 aromatic heterocycles. The van der Waals surface area contributed by atoms with E-state index in [2.05, 4.69) is 5.32 Å². The van der Waals surface area contributed by atoms with E-state index in [4.69, 9.17) is 19.3 Å². The quantitative estimate of drug-likeness (QED) is 0.201. The average molecular weight is 561 g/mol. The third-order valence-electron chi connectivity index (χ3n) is 6.55. The van der Waals surface area contributed by atoms with Crippen molar-refractivity contribution in [2.45, 2.75) is 40.5 Å². The number of rotatable bonds is 10. The summed E-state index contributed by atoms with van der Waals surface area (Å²) in [4.78, 5) is 38.2. The first kappa shape index (κ1) is 29.1. The van der Waals surface area contributed by atoms with Crippen molar-refractivity contribution in [3.8, 4) is 22.7 Å². The van der Waals surface area contributed by atoms with Crippen molar-refractivity contribution < 1.29 is 28.7 Å². The van der Waals surface area contributed by atoms with E-state index in [0.717, 1.165) is 0 Å². The van der Waals surface area contributed by atoms with Crippen LogP contribution >= 0.6 is 0 Å². The molecule has 1 aliphatic heterocycles. The Hall–Kier alpha value is -4.93. The summed E-state index contributed by atoms with van der Waals surface area (Å²) in [5, 5.41) is 19.9. The van der Waals surface area contributed by atoms with Gasteiger partial charge in [0.15, 0.2) is 5.75 Å². The fourth-order valence-corrected chi connectivity index (χ4v) is 4.88. The van der Waals surface area contributed by atoms with Gasteiger partial charge >= 0.3 is 17.6 Å². The molecule has 2 heterocycles. The van der Waals surface area contributed by atoms with Gasteiger partial charge in [-0.3, -0.25) is 10.1 Å². The molecule has 0 radical (unpaired) electrons. The molecular formula is C30H32N4O7. The minimum absolute atomic E-state index is 0.123. The van der Waals surface area contributed by atoms with Crippen LogP contribution in [0, 0.1) is 10.1 Å². The first-order valence-corrected chi connectivity index (χ1v) is 13.3. The minimum Gasteiger partial charge on any atom is -0.487 e. The van der Waals surface area contributed by atoms with Crippen LogP contribution in [0.4, 0.5) is 5.69 Å². The summed E-state index contributed by atoms with van der Waals surface area (Å²) < 4.78 is 17.9. The molecule has 0 aliphatic carbocycles. The first-order valence-electron chi connectivity index (χ1n) is 13.3. The largest absolute Gasteiger partial charge is 0.487 e. The van der Waals surface area contributed by atoms with Crippen molar-refractivity contribution in [3.05, 3.63) is 92.9 Å². The lowest BCUT2D eigenvalue weighted by atomic mass is 9.79. The van der Waals surface area contributed by atoms with Crippen LogP contribution in [0.5, 0.6) is 5.75 Å². The Balaban J connectivity index is 2.04. The maximum Gasteiger partial charge on any atom is 0.336 e. The monoisotopic (exact) mass is 560 g/mol. The summed E-state index contributed by atoms with van der Waals surface area (Å²) in [5.74, 6) is -2.02. The third kappa shape index (κ3) is 5.84. The summed E-state index contributed by atoms with van der Waals surface area (Å²) in [6, 6.07) is 13.8. The highest BCUT2D eigenvalue weighted by atomic mass is 16.6. The smallest absolute Gasteiger partial charge is 0.336 e. The third-order valence-corrected chi connectivity index (χ3v) is 6.55. The SMILES string of the molecule is CCOC(=O)C1=C(C)NC(C)=C(C(=O)OCC)C1c1cn(-c2ccccc2)nc1-c1ccc(OCC)c([N+](=O)[O-])c1. The van der Waals surface area contributed by atoms with Crippen molar-refractivity contribution >= 4 is 17.6 Å². The predicted octanol–water partition coefficient (Wildman–Crippen LogP) is 5.21. The standard InChI is InChI=1S/C30H32N4O7/c1-6-39-24-15-14-20(16-23(24)34(37)38)28-22(17-33(32-28)21-12-10-9-11-13-21)27-25(29(35)40-7-2)18(4)31-19(5)26(27)30(36)41-8-3/h9-17,27,31H,6-8H2,1-5H3. The van der Waals surface area contributed by atoms with Crippen LogP contribution in [0.25, 0.3) is 16.9 Å². The Morgan fingerprint density at radius 2 is 1.56 bits per heavy atom. The van der Waals surface area contributed by atoms with Gasteiger partial charge in [-0.1, -0.05) is 18.2 Å². The predicted molar refractivity (Wildman–Crippen MR) is 151 cm³/mol. The second kappa shape index (κ2) is 12.5. The van der Waals surface area contributed by atoms with E-state index < -0.39 is 22.8 Å². The Morgan fingerprint density at radius 1 is 0.951 bits per heavy atom. The molecule has 0 bridgehead atoms. The van der Waals surface area contributed by atoms with E-state index in [-0.39, 0.29) is 42.4 Å². The molecule has 11 heteroatoms. The van der Waals surface area contributed by atoms with Crippen molar-refractivity contribution in [3.63, 3.8) is 0 Å². The number of hydrogen-bond donors (Lipinski definition) is 1. The number of aromatic nitrogens is 2. The summed E-state index contributed by atoms with van der Waals surface area (Å²) >= 11 is 0. The highest BCUT2D eigenvalue weighted by Crippen LogP contribution is 2.44. The molecule has 0 saturated heterocycles. The van der Waals surface area contributed by atoms with Gasteiger partial charge in [-0.2, -0.15) is 5.10 Å². The van der Waals surface area contributed by atoms with Gasteiger partial charge in [0.05, 0.1) is 53.2 Å². The summed E-state index contributed by atoms with van der Waals surface area (Å²) in [6.45, 7) is 9.10. The number of allylic oxidation sites excluding steroid dienone is 2. The van der Waals surface area contributed by atoms with Gasteiger partial charge in [-0.15, -0.1) is 0 Å². The highest BCUT2D eigenvalue weighted by Gasteiger charge is 2.40. The van der Waals surface area contributed by atoms with E-state index in [0.29, 0.717) is 33.9 Å². The lowest BCUT2D eigenvalue weighted by Crippen LogP contribution is -2.32. The molecule has 0 atom stereocenters. The minimum atomic E-state index is -0.938. The summed E-state index contributed by atoms with van der Waals surface area (Å²) in [5.41, 5.74) is 3.16. The number of esters is 2. The molecule has 214 valence electrons. The number of carbonyl (C=O) groups is 2. The Labute approximate surface area is 237 Å². The molecule has 1 N–H and O–H groups in total. The zero-order chi connectivity index (χ0) is 29.7. The number of benzene rings is 2. The van der Waals surface area contributed by atoms with E-state index in [1.54, 1.807) is 51.6 Å². The van der Waals surface area contributed by atoms with Crippen molar-refractivity contribution in [1.29, 1.82) is 0 Å². The summed E-state index contributed by atoms with van der Waals surface area (Å²) in [7, 11) is 0. The van der Waals surface area contributed by atoms with Crippen molar-refractivity contribution in [2.75, 3.05) is 19.8 Å². The number of carbonyl (C=O) groups excluding carboxylic acids is 2. The van der Waals surface area contributed by atoms with Gasteiger partial charge in [-0.05, 0) is 58.9 Å². The number of ether oxygens (including phenoxy) is 3. The summed E-state index contributed by atoms with van der Waals surface area (Å²) in [6.07, 6.45) is 1.72. The number of nitro groups is 1. The fraction of sp³-hybridized carbons (Fsp3) is 0.300. The van der Waals surface area contributed by atoms with E-state index in [9.17, 15) is 19.7 Å². The molecule has 4 rings (SSSR count). The second-order valence-corrected chi connectivity index (χ2v) is 9.16.